The van der Waals surface area contributed by atoms with E-state index in [2.05, 4.69) is 90.1 Å². The molecule has 0 unspecified atom stereocenters. The van der Waals surface area contributed by atoms with E-state index < -0.39 is 0 Å². The minimum Gasteiger partial charge on any atom is -0.213 e. The molecule has 0 radical (unpaired) electrons. The van der Waals surface area contributed by atoms with Crippen LogP contribution in [0.3, 0.4) is 0 Å². The third-order valence-corrected chi connectivity index (χ3v) is 4.49. The maximum absolute atomic E-state index is 4.76. The third kappa shape index (κ3) is 3.98. The molecule has 0 saturated carbocycles. The zero-order valence-electron chi connectivity index (χ0n) is 16.5. The highest BCUT2D eigenvalue weighted by Crippen LogP contribution is 2.26. The van der Waals surface area contributed by atoms with Gasteiger partial charge in [0, 0.05) is 17.0 Å². The van der Waals surface area contributed by atoms with Crippen LogP contribution in [0.4, 0.5) is 0 Å². The van der Waals surface area contributed by atoms with E-state index in [9.17, 15) is 0 Å². The molecule has 0 aliphatic rings. The molecule has 0 amide bonds. The van der Waals surface area contributed by atoms with Gasteiger partial charge in [0.15, 0.2) is 11.6 Å². The fraction of sp³-hybridized carbons (Fsp3) is 0.348. The van der Waals surface area contributed by atoms with Gasteiger partial charge in [-0.05, 0) is 17.9 Å². The lowest BCUT2D eigenvalue weighted by Crippen LogP contribution is -2.10. The summed E-state index contributed by atoms with van der Waals surface area (Å²) in [6.07, 6.45) is 0. The van der Waals surface area contributed by atoms with Crippen molar-refractivity contribution < 1.29 is 0 Å². The number of nitrogens with zero attached hydrogens (tertiary/aromatic N) is 3. The number of aromatic nitrogens is 3. The highest BCUT2D eigenvalue weighted by Gasteiger charge is 2.15. The fourth-order valence-corrected chi connectivity index (χ4v) is 2.73. The molecule has 3 heteroatoms. The second kappa shape index (κ2) is 6.99. The summed E-state index contributed by atoms with van der Waals surface area (Å²) in [5.41, 5.74) is 4.71. The number of aryl methyl sites for hydroxylation is 1. The van der Waals surface area contributed by atoms with E-state index in [1.165, 1.54) is 11.1 Å². The maximum atomic E-state index is 4.76. The van der Waals surface area contributed by atoms with E-state index in [4.69, 9.17) is 15.0 Å². The molecule has 3 nitrogen and oxygen atoms in total. The molecule has 0 aliphatic carbocycles. The van der Waals surface area contributed by atoms with Gasteiger partial charge in [0.25, 0.3) is 0 Å². The normalized spacial score (nSPS) is 11.8. The van der Waals surface area contributed by atoms with Crippen molar-refractivity contribution in [3.05, 3.63) is 65.5 Å². The van der Waals surface area contributed by atoms with Crippen LogP contribution in [-0.4, -0.2) is 15.0 Å². The van der Waals surface area contributed by atoms with Crippen LogP contribution < -0.4 is 0 Å². The van der Waals surface area contributed by atoms with Crippen LogP contribution >= 0.6 is 0 Å². The lowest BCUT2D eigenvalue weighted by Gasteiger charge is -2.19. The molecule has 26 heavy (non-hydrogen) atoms. The van der Waals surface area contributed by atoms with Crippen molar-refractivity contribution in [2.24, 2.45) is 0 Å². The first kappa shape index (κ1) is 18.2. The molecule has 0 aliphatic heterocycles. The predicted molar refractivity (Wildman–Crippen MR) is 108 cm³/mol. The molecule has 0 atom stereocenters. The van der Waals surface area contributed by atoms with Gasteiger partial charge in [-0.25, -0.2) is 15.0 Å². The molecule has 1 heterocycles. The summed E-state index contributed by atoms with van der Waals surface area (Å²) < 4.78 is 0. The molecule has 2 aromatic carbocycles. The Labute approximate surface area is 156 Å². The Hall–Kier alpha value is -2.55. The summed E-state index contributed by atoms with van der Waals surface area (Å²) >= 11 is 0. The maximum Gasteiger partial charge on any atom is 0.163 e. The Kier molecular flexibility index (Phi) is 4.90. The van der Waals surface area contributed by atoms with Gasteiger partial charge < -0.3 is 0 Å². The summed E-state index contributed by atoms with van der Waals surface area (Å²) in [7, 11) is 0. The van der Waals surface area contributed by atoms with Gasteiger partial charge >= 0.3 is 0 Å². The standard InChI is InChI=1S/C23H27N3/c1-15(2)20-24-21(17-9-7-16(3)8-10-17)26-22(25-20)18-11-13-19(14-12-18)23(4,5)6/h7-15H,1-6H3. The largest absolute Gasteiger partial charge is 0.213 e. The topological polar surface area (TPSA) is 38.7 Å². The second-order valence-electron chi connectivity index (χ2n) is 8.19. The zero-order valence-corrected chi connectivity index (χ0v) is 16.5. The highest BCUT2D eigenvalue weighted by atomic mass is 15.0. The van der Waals surface area contributed by atoms with E-state index in [0.717, 1.165) is 28.6 Å². The number of hydrogen-bond donors (Lipinski definition) is 0. The van der Waals surface area contributed by atoms with Crippen molar-refractivity contribution in [1.29, 1.82) is 0 Å². The quantitative estimate of drug-likeness (QED) is 0.590. The first-order valence-corrected chi connectivity index (χ1v) is 9.18. The number of rotatable bonds is 3. The van der Waals surface area contributed by atoms with E-state index in [-0.39, 0.29) is 11.3 Å². The van der Waals surface area contributed by atoms with E-state index in [1.54, 1.807) is 0 Å². The van der Waals surface area contributed by atoms with Crippen LogP contribution in [0.5, 0.6) is 0 Å². The minimum absolute atomic E-state index is 0.133. The zero-order chi connectivity index (χ0) is 18.9. The SMILES string of the molecule is Cc1ccc(-c2nc(-c3ccc(C(C)(C)C)cc3)nc(C(C)C)n2)cc1. The van der Waals surface area contributed by atoms with Crippen molar-refractivity contribution in [2.45, 2.75) is 52.9 Å². The van der Waals surface area contributed by atoms with Crippen molar-refractivity contribution in [3.8, 4) is 22.8 Å². The molecular formula is C23H27N3. The summed E-state index contributed by atoms with van der Waals surface area (Å²) in [5, 5.41) is 0. The first-order valence-electron chi connectivity index (χ1n) is 9.18. The summed E-state index contributed by atoms with van der Waals surface area (Å²) in [5.74, 6) is 2.54. The minimum atomic E-state index is 0.133. The molecule has 0 saturated heterocycles. The molecule has 1 aromatic heterocycles. The van der Waals surface area contributed by atoms with Gasteiger partial charge in [-0.1, -0.05) is 88.7 Å². The van der Waals surface area contributed by atoms with Gasteiger partial charge in [0.2, 0.25) is 0 Å². The van der Waals surface area contributed by atoms with E-state index in [1.807, 2.05) is 0 Å². The van der Waals surface area contributed by atoms with E-state index >= 15 is 0 Å². The fourth-order valence-electron chi connectivity index (χ4n) is 2.73. The van der Waals surface area contributed by atoms with Crippen LogP contribution in [0.2, 0.25) is 0 Å². The lowest BCUT2D eigenvalue weighted by molar-refractivity contribution is 0.590. The highest BCUT2D eigenvalue weighted by molar-refractivity contribution is 5.61. The average Bonchev–Trinajstić information content (AvgIpc) is 2.61. The van der Waals surface area contributed by atoms with Gasteiger partial charge in [-0.2, -0.15) is 0 Å². The monoisotopic (exact) mass is 345 g/mol. The predicted octanol–water partition coefficient (Wildman–Crippen LogP) is 5.93. The lowest BCUT2D eigenvalue weighted by atomic mass is 9.87. The first-order chi connectivity index (χ1) is 12.2. The molecule has 0 bridgehead atoms. The third-order valence-electron chi connectivity index (χ3n) is 4.49. The summed E-state index contributed by atoms with van der Waals surface area (Å²) in [6.45, 7) is 13.0. The smallest absolute Gasteiger partial charge is 0.163 e. The Morgan fingerprint density at radius 2 is 1.15 bits per heavy atom. The number of benzene rings is 2. The van der Waals surface area contributed by atoms with Crippen molar-refractivity contribution in [1.82, 2.24) is 15.0 Å². The molecular weight excluding hydrogens is 318 g/mol. The van der Waals surface area contributed by atoms with Crippen LogP contribution in [-0.2, 0) is 5.41 Å². The number of hydrogen-bond acceptors (Lipinski definition) is 3. The van der Waals surface area contributed by atoms with Crippen LogP contribution in [0.15, 0.2) is 48.5 Å². The summed E-state index contributed by atoms with van der Waals surface area (Å²) in [4.78, 5) is 14.2. The average molecular weight is 345 g/mol. The van der Waals surface area contributed by atoms with Crippen molar-refractivity contribution in [2.75, 3.05) is 0 Å². The Morgan fingerprint density at radius 1 is 0.692 bits per heavy atom. The van der Waals surface area contributed by atoms with E-state index in [0.29, 0.717) is 0 Å². The molecule has 3 rings (SSSR count). The Bertz CT molecular complexity index is 886. The molecule has 0 fully saturated rings. The van der Waals surface area contributed by atoms with Gasteiger partial charge in [0.05, 0.1) is 0 Å². The molecule has 0 spiro atoms. The summed E-state index contributed by atoms with van der Waals surface area (Å²) in [6, 6.07) is 16.9. The van der Waals surface area contributed by atoms with Gasteiger partial charge in [-0.15, -0.1) is 0 Å². The second-order valence-corrected chi connectivity index (χ2v) is 8.19. The van der Waals surface area contributed by atoms with Crippen LogP contribution in [0, 0.1) is 6.92 Å². The van der Waals surface area contributed by atoms with Crippen LogP contribution in [0.25, 0.3) is 22.8 Å². The van der Waals surface area contributed by atoms with Gasteiger partial charge in [0.1, 0.15) is 5.82 Å². The Morgan fingerprint density at radius 3 is 1.58 bits per heavy atom. The Balaban J connectivity index is 2.08. The van der Waals surface area contributed by atoms with Crippen molar-refractivity contribution >= 4 is 0 Å². The van der Waals surface area contributed by atoms with Crippen LogP contribution in [0.1, 0.15) is 57.5 Å². The molecule has 134 valence electrons. The van der Waals surface area contributed by atoms with Gasteiger partial charge in [-0.3, -0.25) is 0 Å². The van der Waals surface area contributed by atoms with Crippen molar-refractivity contribution in [3.63, 3.8) is 0 Å². The molecule has 3 aromatic rings. The molecule has 0 N–H and O–H groups in total.